The lowest BCUT2D eigenvalue weighted by Gasteiger charge is -2.15. The van der Waals surface area contributed by atoms with Gasteiger partial charge in [-0.05, 0) is 19.3 Å². The Morgan fingerprint density at radius 3 is 1.88 bits per heavy atom. The summed E-state index contributed by atoms with van der Waals surface area (Å²) in [7, 11) is 1.08. The van der Waals surface area contributed by atoms with Gasteiger partial charge in [0, 0.05) is 0 Å². The Bertz CT molecular complexity index is 43.8. The first-order chi connectivity index (χ1) is 3.85. The zero-order chi connectivity index (χ0) is 6.41. The van der Waals surface area contributed by atoms with E-state index in [2.05, 4.69) is 25.3 Å². The highest BCUT2D eigenvalue weighted by molar-refractivity contribution is 6.33. The van der Waals surface area contributed by atoms with Gasteiger partial charge in [0.25, 0.3) is 0 Å². The maximum absolute atomic E-state index is 2.44. The number of hydrogen-bond acceptors (Lipinski definition) is 1. The molecule has 0 aliphatic rings. The lowest BCUT2D eigenvalue weighted by Crippen LogP contribution is -2.26. The Kier molecular flexibility index (Phi) is 5.43. The maximum Gasteiger partial charge on any atom is 0.0532 e. The molecule has 2 radical (unpaired) electrons. The van der Waals surface area contributed by atoms with Crippen molar-refractivity contribution in [2.45, 2.75) is 20.4 Å². The molecule has 0 unspecified atom stereocenters. The number of rotatable bonds is 4. The van der Waals surface area contributed by atoms with E-state index >= 15 is 0 Å². The molecule has 0 aromatic carbocycles. The monoisotopic (exact) mass is 129 g/mol. The second-order valence-corrected chi connectivity index (χ2v) is 2.84. The van der Waals surface area contributed by atoms with Gasteiger partial charge in [0.1, 0.15) is 0 Å². The quantitative estimate of drug-likeness (QED) is 0.513. The molecule has 0 spiro atoms. The second-order valence-electron chi connectivity index (χ2n) is 1.81. The van der Waals surface area contributed by atoms with E-state index in [1.165, 1.54) is 19.3 Å². The predicted octanol–water partition coefficient (Wildman–Crippen LogP) is 1.04. The van der Waals surface area contributed by atoms with E-state index in [-0.39, 0.29) is 0 Å². The topological polar surface area (TPSA) is 3.24 Å². The molecule has 0 saturated heterocycles. The van der Waals surface area contributed by atoms with Gasteiger partial charge in [-0.15, -0.1) is 0 Å². The summed E-state index contributed by atoms with van der Waals surface area (Å²) in [6.07, 6.45) is 1.28. The van der Waals surface area contributed by atoms with Crippen LogP contribution in [0.5, 0.6) is 0 Å². The largest absolute Gasteiger partial charge is 0.307 e. The van der Waals surface area contributed by atoms with Crippen LogP contribution in [0.25, 0.3) is 0 Å². The van der Waals surface area contributed by atoms with Crippen LogP contribution in [-0.4, -0.2) is 33.7 Å². The lowest BCUT2D eigenvalue weighted by atomic mass is 10.6. The van der Waals surface area contributed by atoms with E-state index < -0.39 is 0 Å². The van der Waals surface area contributed by atoms with Crippen molar-refractivity contribution < 1.29 is 0 Å². The van der Waals surface area contributed by atoms with Gasteiger partial charge in [0.2, 0.25) is 0 Å². The molecule has 1 nitrogen and oxygen atoms in total. The molecular weight excluding hydrogens is 114 g/mol. The summed E-state index contributed by atoms with van der Waals surface area (Å²) in [6, 6.07) is 0. The average Bonchev–Trinajstić information content (AvgIpc) is 1.83. The third kappa shape index (κ3) is 3.21. The van der Waals surface area contributed by atoms with Gasteiger partial charge in [-0.2, -0.15) is 0 Å². The van der Waals surface area contributed by atoms with Gasteiger partial charge in [-0.25, -0.2) is 0 Å². The summed E-state index contributed by atoms with van der Waals surface area (Å²) >= 11 is 0. The second kappa shape index (κ2) is 5.32. The van der Waals surface area contributed by atoms with Gasteiger partial charge in [-0.1, -0.05) is 20.4 Å². The van der Waals surface area contributed by atoms with Crippen molar-refractivity contribution in [2.75, 3.05) is 19.3 Å². The van der Waals surface area contributed by atoms with Crippen molar-refractivity contribution in [3.8, 4) is 0 Å². The van der Waals surface area contributed by atoms with Crippen LogP contribution in [0.2, 0.25) is 6.55 Å². The van der Waals surface area contributed by atoms with Crippen LogP contribution in [0.4, 0.5) is 0 Å². The average molecular weight is 129 g/mol. The molecule has 0 heterocycles. The van der Waals surface area contributed by atoms with Crippen LogP contribution >= 0.6 is 0 Å². The highest BCUT2D eigenvalue weighted by Crippen LogP contribution is 1.82. The lowest BCUT2D eigenvalue weighted by molar-refractivity contribution is 0.353. The minimum Gasteiger partial charge on any atom is -0.307 e. The highest BCUT2D eigenvalue weighted by Gasteiger charge is 1.93. The molecule has 0 amide bonds. The molecule has 0 N–H and O–H groups in total. The molecule has 8 heavy (non-hydrogen) atoms. The molecule has 0 atom stereocenters. The van der Waals surface area contributed by atoms with Crippen LogP contribution in [-0.2, 0) is 0 Å². The first-order valence-electron chi connectivity index (χ1n) is 3.22. The van der Waals surface area contributed by atoms with Crippen LogP contribution < -0.4 is 0 Å². The molecule has 0 rings (SSSR count). The molecule has 0 aromatic heterocycles. The summed E-state index contributed by atoms with van der Waals surface area (Å²) in [5.74, 6) is 0. The summed E-state index contributed by atoms with van der Waals surface area (Å²) < 4.78 is 0. The first-order valence-corrected chi connectivity index (χ1v) is 4.92. The fourth-order valence-corrected chi connectivity index (χ4v) is 1.57. The summed E-state index contributed by atoms with van der Waals surface area (Å²) in [6.45, 7) is 9.08. The van der Waals surface area contributed by atoms with Crippen LogP contribution in [0.1, 0.15) is 13.8 Å². The Balaban J connectivity index is 3.07. The minimum absolute atomic E-state index is 1.08. The van der Waals surface area contributed by atoms with Crippen molar-refractivity contribution >= 4 is 9.52 Å². The van der Waals surface area contributed by atoms with Gasteiger partial charge in [0.05, 0.1) is 9.52 Å². The Labute approximate surface area is 54.9 Å². The van der Waals surface area contributed by atoms with E-state index in [1.54, 1.807) is 0 Å². The van der Waals surface area contributed by atoms with E-state index in [4.69, 9.17) is 0 Å². The molecule has 0 aliphatic carbocycles. The van der Waals surface area contributed by atoms with Crippen molar-refractivity contribution in [1.29, 1.82) is 0 Å². The summed E-state index contributed by atoms with van der Waals surface area (Å²) in [5.41, 5.74) is 0. The zero-order valence-electron chi connectivity index (χ0n) is 6.07. The van der Waals surface area contributed by atoms with E-state index in [1.807, 2.05) is 0 Å². The smallest absolute Gasteiger partial charge is 0.0532 e. The fraction of sp³-hybridized carbons (Fsp3) is 1.00. The van der Waals surface area contributed by atoms with E-state index in [9.17, 15) is 0 Å². The molecule has 0 aromatic rings. The van der Waals surface area contributed by atoms with Crippen molar-refractivity contribution in [2.24, 2.45) is 0 Å². The van der Waals surface area contributed by atoms with Gasteiger partial charge >= 0.3 is 0 Å². The van der Waals surface area contributed by atoms with Gasteiger partial charge in [-0.3, -0.25) is 0 Å². The fourth-order valence-electron chi connectivity index (χ4n) is 0.671. The zero-order valence-corrected chi connectivity index (χ0v) is 7.07. The SMILES string of the molecule is CCN(CC)C[Si]C. The Morgan fingerprint density at radius 2 is 1.75 bits per heavy atom. The van der Waals surface area contributed by atoms with Crippen LogP contribution in [0, 0.1) is 0 Å². The van der Waals surface area contributed by atoms with Crippen LogP contribution in [0.15, 0.2) is 0 Å². The molecule has 0 aliphatic heterocycles. The summed E-state index contributed by atoms with van der Waals surface area (Å²) in [5, 5.41) is 0. The molecule has 48 valence electrons. The molecular formula is C6H15NSi. The molecule has 0 saturated carbocycles. The van der Waals surface area contributed by atoms with E-state index in [0.717, 1.165) is 9.52 Å². The number of nitrogens with zero attached hydrogens (tertiary/aromatic N) is 1. The Hall–Kier alpha value is 0.177. The first kappa shape index (κ1) is 8.18. The van der Waals surface area contributed by atoms with Crippen molar-refractivity contribution in [3.63, 3.8) is 0 Å². The van der Waals surface area contributed by atoms with E-state index in [0.29, 0.717) is 0 Å². The number of hydrogen-bond donors (Lipinski definition) is 0. The third-order valence-corrected chi connectivity index (χ3v) is 2.04. The summed E-state index contributed by atoms with van der Waals surface area (Å²) in [4.78, 5) is 2.44. The standard InChI is InChI=1S/C6H15NSi/c1-4-7(5-2)6-8-3/h4-6H2,1-3H3. The minimum atomic E-state index is 1.08. The van der Waals surface area contributed by atoms with Gasteiger partial charge in [0.15, 0.2) is 0 Å². The van der Waals surface area contributed by atoms with Gasteiger partial charge < -0.3 is 4.90 Å². The highest BCUT2D eigenvalue weighted by atomic mass is 28.2. The molecule has 0 fully saturated rings. The van der Waals surface area contributed by atoms with Crippen molar-refractivity contribution in [3.05, 3.63) is 0 Å². The van der Waals surface area contributed by atoms with Crippen LogP contribution in [0.3, 0.4) is 0 Å². The maximum atomic E-state index is 2.44. The molecule has 2 heteroatoms. The normalized spacial score (nSPS) is 10.5. The van der Waals surface area contributed by atoms with Crippen molar-refractivity contribution in [1.82, 2.24) is 4.90 Å². The predicted molar refractivity (Wildman–Crippen MR) is 39.4 cm³/mol. The Morgan fingerprint density at radius 1 is 1.25 bits per heavy atom. The molecule has 0 bridgehead atoms. The third-order valence-electron chi connectivity index (χ3n) is 1.28.